The number of para-hydroxylation sites is 6. The maximum Gasteiger partial charge on any atom is 0.160 e. The van der Waals surface area contributed by atoms with E-state index in [9.17, 15) is 0 Å². The number of benzene rings is 18. The average molecular weight is 1560 g/mol. The molecule has 0 N–H and O–H groups in total. The van der Waals surface area contributed by atoms with Gasteiger partial charge >= 0.3 is 0 Å². The number of nitrogens with zero attached hydrogens (tertiary/aromatic N) is 8. The fourth-order valence-corrected chi connectivity index (χ4v) is 19.2. The molecule has 10 nitrogen and oxygen atoms in total. The van der Waals surface area contributed by atoms with Crippen LogP contribution in [0.1, 0.15) is 0 Å². The van der Waals surface area contributed by atoms with Gasteiger partial charge in [0.2, 0.25) is 0 Å². The molecular weight excluding hydrogens is 1490 g/mol. The molecule has 0 radical (unpaired) electrons. The maximum atomic E-state index is 6.86. The lowest BCUT2D eigenvalue weighted by Crippen LogP contribution is -1.97. The van der Waals surface area contributed by atoms with Crippen LogP contribution in [0.4, 0.5) is 0 Å². The summed E-state index contributed by atoms with van der Waals surface area (Å²) < 4.78 is 23.3. The van der Waals surface area contributed by atoms with Gasteiger partial charge in [0.05, 0.1) is 77.3 Å². The Bertz CT molecular complexity index is 8740. The molecule has 10 heteroatoms. The van der Waals surface area contributed by atoms with Crippen molar-refractivity contribution in [3.05, 3.63) is 413 Å². The van der Waals surface area contributed by atoms with Crippen molar-refractivity contribution in [1.82, 2.24) is 38.2 Å². The second kappa shape index (κ2) is 27.5. The van der Waals surface area contributed by atoms with Gasteiger partial charge in [-0.05, 0) is 180 Å². The van der Waals surface area contributed by atoms with E-state index in [-0.39, 0.29) is 0 Å². The van der Waals surface area contributed by atoms with Crippen LogP contribution in [0.5, 0.6) is 0 Å². The fraction of sp³-hybridized carbons (Fsp3) is 0. The Balaban J connectivity index is 0.000000134. The van der Waals surface area contributed by atoms with E-state index in [0.717, 1.165) is 177 Å². The molecule has 0 amide bonds. The van der Waals surface area contributed by atoms with Crippen LogP contribution < -0.4 is 0 Å². The van der Waals surface area contributed by atoms with Crippen molar-refractivity contribution in [3.63, 3.8) is 0 Å². The van der Waals surface area contributed by atoms with Crippen LogP contribution in [0.15, 0.2) is 421 Å². The second-order valence-electron chi connectivity index (χ2n) is 31.4. The predicted octanol–water partition coefficient (Wildman–Crippen LogP) is 29.4. The van der Waals surface area contributed by atoms with E-state index in [1.54, 1.807) is 0 Å². The quantitative estimate of drug-likeness (QED) is 0.135. The van der Waals surface area contributed by atoms with Gasteiger partial charge in [-0.3, -0.25) is 0 Å². The molecule has 0 spiro atoms. The molecule has 568 valence electrons. The van der Waals surface area contributed by atoms with Crippen molar-refractivity contribution >= 4 is 153 Å². The molecule has 8 heterocycles. The summed E-state index contributed by atoms with van der Waals surface area (Å²) in [6, 6.07) is 146. The van der Waals surface area contributed by atoms with Gasteiger partial charge in [-0.25, -0.2) is 19.9 Å². The topological polar surface area (TPSA) is 97.6 Å². The Hall–Kier alpha value is -16.6. The highest BCUT2D eigenvalue weighted by Crippen LogP contribution is 2.50. The average Bonchev–Trinajstić information content (AvgIpc) is 1.54. The van der Waals surface area contributed by atoms with Gasteiger partial charge in [-0.2, -0.15) is 0 Å². The highest BCUT2D eigenvalue weighted by atomic mass is 16.3. The third kappa shape index (κ3) is 10.8. The first-order chi connectivity index (χ1) is 60.5. The Morgan fingerprint density at radius 3 is 0.910 bits per heavy atom. The normalized spacial score (nSPS) is 11.9. The molecule has 0 aliphatic heterocycles. The van der Waals surface area contributed by atoms with Crippen molar-refractivity contribution in [3.8, 4) is 90.3 Å². The lowest BCUT2D eigenvalue weighted by Gasteiger charge is -2.12. The number of hydrogen-bond donors (Lipinski definition) is 0. The van der Waals surface area contributed by atoms with Crippen LogP contribution in [-0.2, 0) is 0 Å². The van der Waals surface area contributed by atoms with Gasteiger partial charge in [-0.1, -0.05) is 255 Å². The largest absolute Gasteiger partial charge is 0.455 e. The first-order valence-corrected chi connectivity index (χ1v) is 41.3. The van der Waals surface area contributed by atoms with E-state index in [1.807, 2.05) is 48.5 Å². The molecular formula is C112H68N8O2. The number of aromatic nitrogens is 8. The third-order valence-electron chi connectivity index (χ3n) is 24.6. The van der Waals surface area contributed by atoms with Gasteiger partial charge in [0.1, 0.15) is 22.3 Å². The van der Waals surface area contributed by atoms with Gasteiger partial charge in [0.25, 0.3) is 0 Å². The van der Waals surface area contributed by atoms with Gasteiger partial charge in [-0.15, -0.1) is 0 Å². The number of rotatable bonds is 10. The molecule has 0 fully saturated rings. The standard InChI is InChI=1S/2C56H34N4O/c1-3-14-35(15-4-1)38-18-13-19-40(34-38)60-46-24-11-8-22-44(46)51-47(60)32-33-48-52(51)53-49(31-30-42-41-20-9-12-25-50(41)61-55(42)53)59(48)39-28-26-37(27-29-39)56-57-45-23-10-7-21-43(45)54(58-56)36-16-5-2-6-17-36;1-3-14-35(15-4-1)38-18-13-19-40(34-38)60-48-33-32-47-51(52(48)53-49(60)31-30-42-41-20-9-12-25-50(41)61-55(42)53)44-22-8-11-24-46(44)59(47)39-28-26-37(27-29-39)56-57-45-23-10-7-21-43(45)54(58-56)36-16-5-2-6-17-36/h2*1-34H. The highest BCUT2D eigenvalue weighted by Gasteiger charge is 2.28. The Morgan fingerprint density at radius 2 is 0.484 bits per heavy atom. The maximum absolute atomic E-state index is 6.86. The molecule has 0 unspecified atom stereocenters. The van der Waals surface area contributed by atoms with Crippen LogP contribution in [0.3, 0.4) is 0 Å². The first-order valence-electron chi connectivity index (χ1n) is 41.3. The summed E-state index contributed by atoms with van der Waals surface area (Å²) in [6.45, 7) is 0. The summed E-state index contributed by atoms with van der Waals surface area (Å²) in [5.74, 6) is 1.40. The van der Waals surface area contributed by atoms with Crippen LogP contribution in [0, 0.1) is 0 Å². The number of fused-ring (bicyclic) bond motifs is 24. The molecule has 0 aliphatic rings. The summed E-state index contributed by atoms with van der Waals surface area (Å²) >= 11 is 0. The van der Waals surface area contributed by atoms with Crippen molar-refractivity contribution in [1.29, 1.82) is 0 Å². The number of hydrogen-bond acceptors (Lipinski definition) is 6. The molecule has 122 heavy (non-hydrogen) atoms. The predicted molar refractivity (Wildman–Crippen MR) is 504 cm³/mol. The number of furan rings is 2. The van der Waals surface area contributed by atoms with Crippen molar-refractivity contribution in [2.75, 3.05) is 0 Å². The fourth-order valence-electron chi connectivity index (χ4n) is 19.2. The lowest BCUT2D eigenvalue weighted by molar-refractivity contribution is 0.672. The lowest BCUT2D eigenvalue weighted by atomic mass is 10.0. The van der Waals surface area contributed by atoms with E-state index < -0.39 is 0 Å². The third-order valence-corrected chi connectivity index (χ3v) is 24.6. The van der Waals surface area contributed by atoms with E-state index >= 15 is 0 Å². The molecule has 18 aromatic carbocycles. The molecule has 0 saturated carbocycles. The second-order valence-corrected chi connectivity index (χ2v) is 31.4. The summed E-state index contributed by atoms with van der Waals surface area (Å²) in [7, 11) is 0. The molecule has 0 bridgehead atoms. The highest BCUT2D eigenvalue weighted by molar-refractivity contribution is 6.36. The molecule has 8 aromatic heterocycles. The SMILES string of the molecule is c1ccc(-c2cccc(-n3c4ccc5c6ccccc6oc5c4c4c5c6ccccc6n(-c6ccc(-c7nc(-c8ccccc8)c8ccccc8n7)cc6)c5ccc43)c2)cc1.c1ccc(-c2cccc(-n3c4ccccc4c4c5c6c7oc8ccccc8c7ccc6n(-c6ccc(-c7nc(-c8ccccc8)c8ccccc8n7)cc6)c5ccc43)c2)cc1. The minimum atomic E-state index is 0.696. The van der Waals surface area contributed by atoms with Gasteiger partial charge < -0.3 is 27.1 Å². The first kappa shape index (κ1) is 68.6. The Kier molecular flexibility index (Phi) is 15.5. The molecule has 26 aromatic rings. The minimum absolute atomic E-state index is 0.696. The van der Waals surface area contributed by atoms with Crippen LogP contribution in [0.25, 0.3) is 243 Å². The minimum Gasteiger partial charge on any atom is -0.455 e. The van der Waals surface area contributed by atoms with Crippen LogP contribution >= 0.6 is 0 Å². The molecule has 0 atom stereocenters. The summed E-state index contributed by atoms with van der Waals surface area (Å²) in [5, 5.41) is 15.8. The monoisotopic (exact) mass is 1560 g/mol. The van der Waals surface area contributed by atoms with Crippen molar-refractivity contribution in [2.45, 2.75) is 0 Å². The zero-order valence-electron chi connectivity index (χ0n) is 65.7. The molecule has 0 aliphatic carbocycles. The molecule has 0 saturated heterocycles. The summed E-state index contributed by atoms with van der Waals surface area (Å²) in [4.78, 5) is 20.4. The van der Waals surface area contributed by atoms with Gasteiger partial charge in [0, 0.05) is 110 Å². The summed E-state index contributed by atoms with van der Waals surface area (Å²) in [5.41, 5.74) is 29.3. The van der Waals surface area contributed by atoms with Crippen molar-refractivity contribution in [2.24, 2.45) is 0 Å². The van der Waals surface area contributed by atoms with E-state index in [2.05, 4.69) is 382 Å². The van der Waals surface area contributed by atoms with E-state index in [1.165, 1.54) is 54.6 Å². The van der Waals surface area contributed by atoms with Crippen LogP contribution in [0.2, 0.25) is 0 Å². The Morgan fingerprint density at radius 1 is 0.172 bits per heavy atom. The zero-order valence-corrected chi connectivity index (χ0v) is 65.7. The van der Waals surface area contributed by atoms with Gasteiger partial charge in [0.15, 0.2) is 11.6 Å². The van der Waals surface area contributed by atoms with E-state index in [4.69, 9.17) is 28.8 Å². The Labute approximate surface area is 698 Å². The molecule has 26 rings (SSSR count). The zero-order chi connectivity index (χ0) is 80.0. The smallest absolute Gasteiger partial charge is 0.160 e. The summed E-state index contributed by atoms with van der Waals surface area (Å²) in [6.07, 6.45) is 0. The van der Waals surface area contributed by atoms with E-state index in [0.29, 0.717) is 11.6 Å². The van der Waals surface area contributed by atoms with Crippen molar-refractivity contribution < 1.29 is 8.83 Å². The van der Waals surface area contributed by atoms with Crippen LogP contribution in [-0.4, -0.2) is 38.2 Å².